The molecule has 0 radical (unpaired) electrons. The second-order valence-corrected chi connectivity index (χ2v) is 11.8. The van der Waals surface area contributed by atoms with E-state index in [-0.39, 0.29) is 0 Å². The minimum absolute atomic E-state index is 0.412. The fraction of sp³-hybridized carbons (Fsp3) is 0.0465. The van der Waals surface area contributed by atoms with E-state index in [1.54, 1.807) is 14.2 Å². The van der Waals surface area contributed by atoms with Crippen molar-refractivity contribution in [3.8, 4) is 17.2 Å². The first-order valence-corrected chi connectivity index (χ1v) is 15.9. The second kappa shape index (κ2) is 12.1. The van der Waals surface area contributed by atoms with E-state index < -0.39 is 0 Å². The summed E-state index contributed by atoms with van der Waals surface area (Å²) in [5.74, 6) is 1.27. The number of nitrogens with one attached hydrogen (secondary N) is 2. The van der Waals surface area contributed by atoms with Gasteiger partial charge in [-0.25, -0.2) is 0 Å². The van der Waals surface area contributed by atoms with Crippen molar-refractivity contribution in [3.63, 3.8) is 0 Å². The molecule has 0 bridgehead atoms. The van der Waals surface area contributed by atoms with Gasteiger partial charge in [0.1, 0.15) is 0 Å². The molecule has 0 amide bonds. The summed E-state index contributed by atoms with van der Waals surface area (Å²) in [6.45, 7) is 0. The van der Waals surface area contributed by atoms with Crippen molar-refractivity contribution in [2.24, 2.45) is 0 Å². The van der Waals surface area contributed by atoms with Crippen molar-refractivity contribution in [2.75, 3.05) is 14.2 Å². The minimum Gasteiger partial charge on any atom is -0.493 e. The number of ether oxygens (including phenoxy) is 2. The maximum atomic E-state index is 9.80. The molecule has 48 heavy (non-hydrogen) atoms. The highest BCUT2D eigenvalue weighted by Gasteiger charge is 2.26. The van der Waals surface area contributed by atoms with Crippen LogP contribution < -0.4 is 14.8 Å². The Kier molecular flexibility index (Phi) is 7.35. The van der Waals surface area contributed by atoms with Gasteiger partial charge >= 0.3 is 0 Å². The zero-order chi connectivity index (χ0) is 32.6. The Morgan fingerprint density at radius 1 is 0.604 bits per heavy atom. The Labute approximate surface area is 279 Å². The summed E-state index contributed by atoms with van der Waals surface area (Å²) >= 11 is 0. The van der Waals surface area contributed by atoms with Crippen LogP contribution in [0.3, 0.4) is 0 Å². The number of rotatable bonds is 7. The molecular formula is C43H33N3O2. The molecule has 7 aromatic rings. The van der Waals surface area contributed by atoms with Crippen LogP contribution in [-0.2, 0) is 0 Å². The summed E-state index contributed by atoms with van der Waals surface area (Å²) < 4.78 is 13.8. The number of fused-ring (bicyclic) bond motifs is 4. The summed E-state index contributed by atoms with van der Waals surface area (Å²) in [5, 5.41) is 15.9. The Morgan fingerprint density at radius 2 is 1.23 bits per heavy atom. The van der Waals surface area contributed by atoms with Crippen molar-refractivity contribution in [2.45, 2.75) is 0 Å². The molecule has 5 heteroatoms. The summed E-state index contributed by atoms with van der Waals surface area (Å²) in [6, 6.07) is 49.8. The highest BCUT2D eigenvalue weighted by atomic mass is 16.5. The molecule has 1 aliphatic heterocycles. The van der Waals surface area contributed by atoms with Crippen LogP contribution in [0.5, 0.6) is 11.5 Å². The number of nitrogens with zero attached hydrogens (tertiary/aromatic N) is 1. The van der Waals surface area contributed by atoms with Crippen molar-refractivity contribution < 1.29 is 9.47 Å². The van der Waals surface area contributed by atoms with Crippen molar-refractivity contribution in [1.29, 1.82) is 5.41 Å². The number of benzene rings is 6. The van der Waals surface area contributed by atoms with E-state index in [1.807, 2.05) is 66.7 Å². The monoisotopic (exact) mass is 623 g/mol. The highest BCUT2D eigenvalue weighted by molar-refractivity contribution is 6.36. The summed E-state index contributed by atoms with van der Waals surface area (Å²) in [7, 11) is 3.31. The van der Waals surface area contributed by atoms with Gasteiger partial charge in [-0.05, 0) is 59.2 Å². The molecule has 8 rings (SSSR count). The highest BCUT2D eigenvalue weighted by Crippen LogP contribution is 2.42. The van der Waals surface area contributed by atoms with E-state index in [0.29, 0.717) is 17.2 Å². The van der Waals surface area contributed by atoms with Gasteiger partial charge in [-0.1, -0.05) is 109 Å². The van der Waals surface area contributed by atoms with Crippen LogP contribution in [0.4, 0.5) is 0 Å². The van der Waals surface area contributed by atoms with Gasteiger partial charge in [-0.15, -0.1) is 0 Å². The lowest BCUT2D eigenvalue weighted by molar-refractivity contribution is 0.354. The van der Waals surface area contributed by atoms with Crippen LogP contribution in [0, 0.1) is 5.41 Å². The van der Waals surface area contributed by atoms with Gasteiger partial charge in [-0.2, -0.15) is 0 Å². The lowest BCUT2D eigenvalue weighted by Crippen LogP contribution is -2.20. The predicted octanol–water partition coefficient (Wildman–Crippen LogP) is 9.84. The van der Waals surface area contributed by atoms with Crippen LogP contribution in [0.1, 0.15) is 27.8 Å². The maximum Gasteiger partial charge on any atom is 0.161 e. The molecule has 232 valence electrons. The molecular weight excluding hydrogens is 590 g/mol. The smallest absolute Gasteiger partial charge is 0.161 e. The fourth-order valence-corrected chi connectivity index (χ4v) is 6.74. The van der Waals surface area contributed by atoms with E-state index in [2.05, 4.69) is 94.8 Å². The van der Waals surface area contributed by atoms with Gasteiger partial charge in [0.2, 0.25) is 0 Å². The molecule has 1 aromatic heterocycles. The number of hydrogen-bond acceptors (Lipinski definition) is 4. The molecule has 2 heterocycles. The van der Waals surface area contributed by atoms with E-state index >= 15 is 0 Å². The first-order valence-electron chi connectivity index (χ1n) is 15.9. The lowest BCUT2D eigenvalue weighted by atomic mass is 9.87. The molecule has 0 saturated heterocycles. The number of allylic oxidation sites excluding steroid dienone is 1. The van der Waals surface area contributed by atoms with E-state index in [4.69, 9.17) is 9.47 Å². The standard InChI is InChI=1S/C43H33N3O2/c1-47-39-26-31-24-36(28-14-6-3-7-15-28)45-43(35(31)27-40(39)48-2)41(42(44)29-16-8-4-9-17-29)30-22-23-34-33-20-12-13-21-37(33)46(38(34)25-30)32-18-10-5-11-19-32/h3-27,44-45H,1-2H3/b43-41-,44-42?. The Morgan fingerprint density at radius 3 is 1.96 bits per heavy atom. The maximum absolute atomic E-state index is 9.80. The zero-order valence-electron chi connectivity index (χ0n) is 26.7. The third-order valence-corrected chi connectivity index (χ3v) is 9.01. The fourth-order valence-electron chi connectivity index (χ4n) is 6.74. The third-order valence-electron chi connectivity index (χ3n) is 9.01. The predicted molar refractivity (Wildman–Crippen MR) is 198 cm³/mol. The van der Waals surface area contributed by atoms with Gasteiger partial charge in [0.15, 0.2) is 11.5 Å². The SMILES string of the molecule is COc1cc2c(cc1OC)/C(=C(/C(=N)c1ccccc1)c1ccc3c4ccccc4n(-c4ccccc4)c3c1)NC(c1ccccc1)=C2. The van der Waals surface area contributed by atoms with Crippen LogP contribution in [0.25, 0.3) is 50.5 Å². The van der Waals surface area contributed by atoms with Gasteiger partial charge in [-0.3, -0.25) is 5.41 Å². The van der Waals surface area contributed by atoms with Gasteiger partial charge < -0.3 is 19.4 Å². The van der Waals surface area contributed by atoms with Crippen LogP contribution in [-0.4, -0.2) is 24.5 Å². The summed E-state index contributed by atoms with van der Waals surface area (Å²) in [4.78, 5) is 0. The number of methoxy groups -OCH3 is 2. The van der Waals surface area contributed by atoms with Crippen molar-refractivity contribution in [1.82, 2.24) is 9.88 Å². The number of hydrogen-bond donors (Lipinski definition) is 2. The second-order valence-electron chi connectivity index (χ2n) is 11.8. The summed E-state index contributed by atoms with van der Waals surface area (Å²) in [5.41, 5.74) is 10.9. The number of para-hydroxylation sites is 2. The molecule has 0 aliphatic carbocycles. The quantitative estimate of drug-likeness (QED) is 0.174. The van der Waals surface area contributed by atoms with Crippen LogP contribution in [0.15, 0.2) is 146 Å². The van der Waals surface area contributed by atoms with Crippen LogP contribution in [0.2, 0.25) is 0 Å². The lowest BCUT2D eigenvalue weighted by Gasteiger charge is -2.27. The largest absolute Gasteiger partial charge is 0.493 e. The van der Waals surface area contributed by atoms with Crippen molar-refractivity contribution in [3.05, 3.63) is 173 Å². The van der Waals surface area contributed by atoms with E-state index in [1.165, 1.54) is 5.39 Å². The normalized spacial score (nSPS) is 13.4. The van der Waals surface area contributed by atoms with Crippen molar-refractivity contribution >= 4 is 50.6 Å². The molecule has 2 N–H and O–H groups in total. The Bertz CT molecular complexity index is 2390. The number of aromatic nitrogens is 1. The zero-order valence-corrected chi connectivity index (χ0v) is 26.7. The Hall–Kier alpha value is -6.33. The van der Waals surface area contributed by atoms with Gasteiger partial charge in [0.25, 0.3) is 0 Å². The molecule has 6 aromatic carbocycles. The molecule has 0 spiro atoms. The molecule has 0 saturated carbocycles. The summed E-state index contributed by atoms with van der Waals surface area (Å²) in [6.07, 6.45) is 2.14. The molecule has 5 nitrogen and oxygen atoms in total. The minimum atomic E-state index is 0.412. The first-order chi connectivity index (χ1) is 23.6. The van der Waals surface area contributed by atoms with Gasteiger partial charge in [0, 0.05) is 38.9 Å². The third kappa shape index (κ3) is 4.93. The van der Waals surface area contributed by atoms with Gasteiger partial charge in [0.05, 0.1) is 36.7 Å². The van der Waals surface area contributed by atoms with Crippen LogP contribution >= 0.6 is 0 Å². The average Bonchev–Trinajstić information content (AvgIpc) is 3.49. The molecule has 0 unspecified atom stereocenters. The Balaban J connectivity index is 1.46. The van der Waals surface area contributed by atoms with E-state index in [9.17, 15) is 5.41 Å². The molecule has 1 aliphatic rings. The molecule has 0 atom stereocenters. The topological polar surface area (TPSA) is 59.3 Å². The first kappa shape index (κ1) is 29.1. The average molecular weight is 624 g/mol. The van der Waals surface area contributed by atoms with E-state index in [0.717, 1.165) is 66.9 Å². The molecule has 0 fully saturated rings.